The van der Waals surface area contributed by atoms with Gasteiger partial charge >= 0.3 is 0 Å². The van der Waals surface area contributed by atoms with Gasteiger partial charge in [0.1, 0.15) is 0 Å². The smallest absolute Gasteiger partial charge is 0.252 e. The standard InChI is InChI=1S/C15H13N3OS/c19-15(11-4-3-8-16-10-11)17-9-7-14-18-12-5-1-2-6-13(12)20-14/h1-6,8,10H,7,9H2,(H,17,19). The Morgan fingerprint density at radius 3 is 2.90 bits per heavy atom. The molecule has 5 heteroatoms. The highest BCUT2D eigenvalue weighted by Gasteiger charge is 2.06. The predicted octanol–water partition coefficient (Wildman–Crippen LogP) is 2.66. The molecule has 0 aliphatic heterocycles. The Morgan fingerprint density at radius 2 is 2.10 bits per heavy atom. The summed E-state index contributed by atoms with van der Waals surface area (Å²) in [6.07, 6.45) is 3.95. The summed E-state index contributed by atoms with van der Waals surface area (Å²) in [5.41, 5.74) is 1.60. The van der Waals surface area contributed by atoms with Gasteiger partial charge in [-0.2, -0.15) is 0 Å². The van der Waals surface area contributed by atoms with E-state index < -0.39 is 0 Å². The summed E-state index contributed by atoms with van der Waals surface area (Å²) in [6.45, 7) is 0.577. The second kappa shape index (κ2) is 5.79. The number of nitrogens with zero attached hydrogens (tertiary/aromatic N) is 2. The lowest BCUT2D eigenvalue weighted by Crippen LogP contribution is -2.25. The van der Waals surface area contributed by atoms with Gasteiger partial charge in [-0.1, -0.05) is 12.1 Å². The van der Waals surface area contributed by atoms with Crippen LogP contribution in [0.3, 0.4) is 0 Å². The van der Waals surface area contributed by atoms with Crippen LogP contribution >= 0.6 is 11.3 Å². The van der Waals surface area contributed by atoms with Crippen LogP contribution in [0.5, 0.6) is 0 Å². The van der Waals surface area contributed by atoms with Crippen LogP contribution in [0.25, 0.3) is 10.2 Å². The number of amides is 1. The molecule has 1 amide bonds. The Hall–Kier alpha value is -2.27. The van der Waals surface area contributed by atoms with Crippen LogP contribution in [0.1, 0.15) is 15.4 Å². The van der Waals surface area contributed by atoms with Crippen LogP contribution in [-0.2, 0) is 6.42 Å². The van der Waals surface area contributed by atoms with Gasteiger partial charge in [-0.15, -0.1) is 11.3 Å². The fourth-order valence-electron chi connectivity index (χ4n) is 1.91. The first-order valence-electron chi connectivity index (χ1n) is 6.35. The third-order valence-corrected chi connectivity index (χ3v) is 3.98. The Kier molecular flexibility index (Phi) is 3.69. The summed E-state index contributed by atoms with van der Waals surface area (Å²) in [4.78, 5) is 20.3. The zero-order valence-electron chi connectivity index (χ0n) is 10.7. The van der Waals surface area contributed by atoms with Crippen LogP contribution in [0, 0.1) is 0 Å². The number of carbonyl (C=O) groups excluding carboxylic acids is 1. The fraction of sp³-hybridized carbons (Fsp3) is 0.133. The van der Waals surface area contributed by atoms with Crippen molar-refractivity contribution in [2.24, 2.45) is 0 Å². The van der Waals surface area contributed by atoms with Crippen molar-refractivity contribution in [3.8, 4) is 0 Å². The van der Waals surface area contributed by atoms with Crippen LogP contribution in [0.15, 0.2) is 48.8 Å². The number of nitrogens with one attached hydrogen (secondary N) is 1. The maximum Gasteiger partial charge on any atom is 0.252 e. The summed E-state index contributed by atoms with van der Waals surface area (Å²) in [6, 6.07) is 11.6. The Morgan fingerprint density at radius 1 is 1.20 bits per heavy atom. The highest BCUT2D eigenvalue weighted by atomic mass is 32.1. The van der Waals surface area contributed by atoms with E-state index in [9.17, 15) is 4.79 Å². The van der Waals surface area contributed by atoms with Gasteiger partial charge in [-0.3, -0.25) is 9.78 Å². The van der Waals surface area contributed by atoms with Crippen LogP contribution < -0.4 is 5.32 Å². The lowest BCUT2D eigenvalue weighted by Gasteiger charge is -2.02. The van der Waals surface area contributed by atoms with E-state index in [-0.39, 0.29) is 5.91 Å². The summed E-state index contributed by atoms with van der Waals surface area (Å²) < 4.78 is 1.18. The molecule has 0 saturated heterocycles. The third-order valence-electron chi connectivity index (χ3n) is 2.89. The zero-order chi connectivity index (χ0) is 13.8. The van der Waals surface area contributed by atoms with Crippen molar-refractivity contribution >= 4 is 27.5 Å². The minimum absolute atomic E-state index is 0.0980. The van der Waals surface area contributed by atoms with Crippen LogP contribution in [-0.4, -0.2) is 22.4 Å². The number of thiazole rings is 1. The molecule has 1 aromatic carbocycles. The monoisotopic (exact) mass is 283 g/mol. The van der Waals surface area contributed by atoms with Crippen molar-refractivity contribution < 1.29 is 4.79 Å². The van der Waals surface area contributed by atoms with E-state index in [1.807, 2.05) is 18.2 Å². The highest BCUT2D eigenvalue weighted by Crippen LogP contribution is 2.21. The fourth-order valence-corrected chi connectivity index (χ4v) is 2.88. The number of hydrogen-bond donors (Lipinski definition) is 1. The van der Waals surface area contributed by atoms with Gasteiger partial charge in [-0.25, -0.2) is 4.98 Å². The third kappa shape index (κ3) is 2.83. The summed E-state index contributed by atoms with van der Waals surface area (Å²) in [7, 11) is 0. The van der Waals surface area contributed by atoms with Crippen molar-refractivity contribution in [3.05, 3.63) is 59.4 Å². The molecule has 3 rings (SSSR count). The molecule has 0 atom stereocenters. The molecule has 2 aromatic heterocycles. The number of benzene rings is 1. The van der Waals surface area contributed by atoms with Gasteiger partial charge in [0.25, 0.3) is 5.91 Å². The quantitative estimate of drug-likeness (QED) is 0.801. The van der Waals surface area contributed by atoms with Crippen molar-refractivity contribution in [3.63, 3.8) is 0 Å². The Bertz CT molecular complexity index is 691. The van der Waals surface area contributed by atoms with Crippen molar-refractivity contribution in [2.75, 3.05) is 6.54 Å². The largest absolute Gasteiger partial charge is 0.352 e. The molecule has 0 bridgehead atoms. The minimum atomic E-state index is -0.0980. The minimum Gasteiger partial charge on any atom is -0.352 e. The molecule has 0 saturated carbocycles. The number of hydrogen-bond acceptors (Lipinski definition) is 4. The van der Waals surface area contributed by atoms with Gasteiger partial charge in [0.15, 0.2) is 0 Å². The first-order chi connectivity index (χ1) is 9.83. The molecule has 0 radical (unpaired) electrons. The van der Waals surface area contributed by atoms with Gasteiger partial charge in [0.2, 0.25) is 0 Å². The summed E-state index contributed by atoms with van der Waals surface area (Å²) in [5.74, 6) is -0.0980. The number of fused-ring (bicyclic) bond motifs is 1. The normalized spacial score (nSPS) is 10.6. The first-order valence-corrected chi connectivity index (χ1v) is 7.17. The Labute approximate surface area is 120 Å². The number of para-hydroxylation sites is 1. The molecule has 1 N–H and O–H groups in total. The summed E-state index contributed by atoms with van der Waals surface area (Å²) in [5, 5.41) is 3.92. The first kappa shape index (κ1) is 12.7. The second-order valence-corrected chi connectivity index (χ2v) is 5.44. The number of rotatable bonds is 4. The maximum atomic E-state index is 11.8. The molecular weight excluding hydrogens is 270 g/mol. The molecular formula is C15H13N3OS. The van der Waals surface area contributed by atoms with Crippen LogP contribution in [0.4, 0.5) is 0 Å². The number of carbonyl (C=O) groups is 1. The van der Waals surface area contributed by atoms with Gasteiger partial charge in [0.05, 0.1) is 20.8 Å². The molecule has 20 heavy (non-hydrogen) atoms. The molecule has 3 aromatic rings. The zero-order valence-corrected chi connectivity index (χ0v) is 11.6. The Balaban J connectivity index is 1.58. The lowest BCUT2D eigenvalue weighted by atomic mass is 10.2. The predicted molar refractivity (Wildman–Crippen MR) is 79.9 cm³/mol. The van der Waals surface area contributed by atoms with Crippen molar-refractivity contribution in [2.45, 2.75) is 6.42 Å². The number of aromatic nitrogens is 2. The van der Waals surface area contributed by atoms with Gasteiger partial charge in [0, 0.05) is 25.4 Å². The van der Waals surface area contributed by atoms with E-state index in [0.717, 1.165) is 16.9 Å². The molecule has 0 aliphatic carbocycles. The molecule has 4 nitrogen and oxygen atoms in total. The van der Waals surface area contributed by atoms with Crippen LogP contribution in [0.2, 0.25) is 0 Å². The molecule has 0 aliphatic rings. The van der Waals surface area contributed by atoms with E-state index in [1.54, 1.807) is 35.9 Å². The van der Waals surface area contributed by atoms with Gasteiger partial charge < -0.3 is 5.32 Å². The second-order valence-electron chi connectivity index (χ2n) is 4.32. The van der Waals surface area contributed by atoms with E-state index in [2.05, 4.69) is 21.4 Å². The SMILES string of the molecule is O=C(NCCc1nc2ccccc2s1)c1cccnc1. The average Bonchev–Trinajstić information content (AvgIpc) is 2.90. The maximum absolute atomic E-state index is 11.8. The van der Waals surface area contributed by atoms with E-state index in [1.165, 1.54) is 4.70 Å². The highest BCUT2D eigenvalue weighted by molar-refractivity contribution is 7.18. The number of pyridine rings is 1. The van der Waals surface area contributed by atoms with E-state index >= 15 is 0 Å². The van der Waals surface area contributed by atoms with E-state index in [4.69, 9.17) is 0 Å². The molecule has 0 unspecified atom stereocenters. The average molecular weight is 283 g/mol. The molecule has 2 heterocycles. The molecule has 0 spiro atoms. The summed E-state index contributed by atoms with van der Waals surface area (Å²) >= 11 is 1.67. The lowest BCUT2D eigenvalue weighted by molar-refractivity contribution is 0.0954. The molecule has 100 valence electrons. The molecule has 0 fully saturated rings. The van der Waals surface area contributed by atoms with Crippen molar-refractivity contribution in [1.29, 1.82) is 0 Å². The topological polar surface area (TPSA) is 54.9 Å². The van der Waals surface area contributed by atoms with Crippen molar-refractivity contribution in [1.82, 2.24) is 15.3 Å². The van der Waals surface area contributed by atoms with E-state index in [0.29, 0.717) is 12.1 Å². The van der Waals surface area contributed by atoms with Gasteiger partial charge in [-0.05, 0) is 24.3 Å².